The van der Waals surface area contributed by atoms with Crippen molar-refractivity contribution in [3.05, 3.63) is 59.7 Å². The van der Waals surface area contributed by atoms with Crippen molar-refractivity contribution < 1.29 is 23.1 Å². The normalized spacial score (nSPS) is 19.0. The molecule has 1 saturated heterocycles. The van der Waals surface area contributed by atoms with Gasteiger partial charge >= 0.3 is 6.03 Å². The molecule has 0 unspecified atom stereocenters. The van der Waals surface area contributed by atoms with Crippen molar-refractivity contribution in [2.24, 2.45) is 0 Å². The number of urea groups is 1. The molecule has 1 heterocycles. The first-order chi connectivity index (χ1) is 12.5. The van der Waals surface area contributed by atoms with Crippen LogP contribution in [-0.4, -0.2) is 31.6 Å². The lowest BCUT2D eigenvalue weighted by Gasteiger charge is -2.20. The third kappa shape index (κ3) is 3.74. The molecule has 1 fully saturated rings. The summed E-state index contributed by atoms with van der Waals surface area (Å²) in [6.45, 7) is 0.198. The molecule has 0 aromatic heterocycles. The number of methoxy groups -OCH3 is 1. The summed E-state index contributed by atoms with van der Waals surface area (Å²) < 4.78 is 32.2. The number of rotatable bonds is 4. The highest BCUT2D eigenvalue weighted by Crippen LogP contribution is 2.28. The topological polar surface area (TPSA) is 79.5 Å². The highest BCUT2D eigenvalue weighted by molar-refractivity contribution is 5.95. The number of halogens is 2. The monoisotopic (exact) mass is 361 g/mol. The Labute approximate surface area is 148 Å². The first-order valence-corrected chi connectivity index (χ1v) is 7.92. The standard InChI is InChI=1S/C18H17F2N3O3/c1-26-12-6-7-13(15(20)8-12)14-9-21-17(24)16(14)23-18(25)22-11-4-2-10(19)3-5-11/h2-8,14,16H,9H2,1H3,(H,21,24)(H2,22,23,25)/t14-,16-/m0/s1. The van der Waals surface area contributed by atoms with Gasteiger partial charge in [0.05, 0.1) is 7.11 Å². The maximum atomic E-state index is 14.3. The maximum absolute atomic E-state index is 14.3. The van der Waals surface area contributed by atoms with E-state index in [0.717, 1.165) is 0 Å². The summed E-state index contributed by atoms with van der Waals surface area (Å²) in [6, 6.07) is 7.97. The number of amides is 3. The average Bonchev–Trinajstić information content (AvgIpc) is 2.97. The number of ether oxygens (including phenoxy) is 1. The van der Waals surface area contributed by atoms with Crippen LogP contribution in [0, 0.1) is 11.6 Å². The predicted molar refractivity (Wildman–Crippen MR) is 91.0 cm³/mol. The molecule has 2 atom stereocenters. The highest BCUT2D eigenvalue weighted by atomic mass is 19.1. The number of nitrogens with one attached hydrogen (secondary N) is 3. The van der Waals surface area contributed by atoms with Gasteiger partial charge in [-0.05, 0) is 35.9 Å². The van der Waals surface area contributed by atoms with E-state index in [1.807, 2.05) is 0 Å². The van der Waals surface area contributed by atoms with E-state index in [1.165, 1.54) is 43.5 Å². The van der Waals surface area contributed by atoms with Gasteiger partial charge in [-0.3, -0.25) is 4.79 Å². The fourth-order valence-corrected chi connectivity index (χ4v) is 2.85. The zero-order valence-electron chi connectivity index (χ0n) is 13.9. The van der Waals surface area contributed by atoms with Crippen molar-refractivity contribution in [1.29, 1.82) is 0 Å². The van der Waals surface area contributed by atoms with Gasteiger partial charge in [0, 0.05) is 24.2 Å². The van der Waals surface area contributed by atoms with Crippen molar-refractivity contribution >= 4 is 17.6 Å². The van der Waals surface area contributed by atoms with Gasteiger partial charge < -0.3 is 20.7 Å². The number of hydrogen-bond acceptors (Lipinski definition) is 3. The summed E-state index contributed by atoms with van der Waals surface area (Å²) in [5.74, 6) is -1.55. The van der Waals surface area contributed by atoms with Crippen LogP contribution in [-0.2, 0) is 4.79 Å². The fourth-order valence-electron chi connectivity index (χ4n) is 2.85. The van der Waals surface area contributed by atoms with Crippen molar-refractivity contribution in [1.82, 2.24) is 10.6 Å². The van der Waals surface area contributed by atoms with E-state index in [-0.39, 0.29) is 6.54 Å². The van der Waals surface area contributed by atoms with Crippen LogP contribution in [0.4, 0.5) is 19.3 Å². The van der Waals surface area contributed by atoms with E-state index >= 15 is 0 Å². The van der Waals surface area contributed by atoms with Crippen LogP contribution >= 0.6 is 0 Å². The highest BCUT2D eigenvalue weighted by Gasteiger charge is 2.38. The lowest BCUT2D eigenvalue weighted by atomic mass is 9.93. The maximum Gasteiger partial charge on any atom is 0.319 e. The molecule has 3 N–H and O–H groups in total. The van der Waals surface area contributed by atoms with Gasteiger partial charge in [-0.1, -0.05) is 6.07 Å². The van der Waals surface area contributed by atoms with Crippen LogP contribution in [0.15, 0.2) is 42.5 Å². The Morgan fingerprint density at radius 3 is 2.58 bits per heavy atom. The number of hydrogen-bond donors (Lipinski definition) is 3. The van der Waals surface area contributed by atoms with Crippen LogP contribution in [0.2, 0.25) is 0 Å². The third-order valence-corrected chi connectivity index (χ3v) is 4.18. The number of carbonyl (C=O) groups excluding carboxylic acids is 2. The van der Waals surface area contributed by atoms with Gasteiger partial charge in [0.15, 0.2) is 0 Å². The molecule has 136 valence electrons. The summed E-state index contributed by atoms with van der Waals surface area (Å²) in [7, 11) is 1.43. The molecule has 6 nitrogen and oxygen atoms in total. The quantitative estimate of drug-likeness (QED) is 0.782. The Bertz CT molecular complexity index is 827. The van der Waals surface area contributed by atoms with Gasteiger partial charge in [0.2, 0.25) is 5.91 Å². The molecule has 0 aliphatic carbocycles. The molecule has 0 saturated carbocycles. The van der Waals surface area contributed by atoms with E-state index in [2.05, 4.69) is 16.0 Å². The molecule has 2 aromatic rings. The Balaban J connectivity index is 1.73. The lowest BCUT2D eigenvalue weighted by Crippen LogP contribution is -2.44. The van der Waals surface area contributed by atoms with E-state index in [0.29, 0.717) is 17.0 Å². The van der Waals surface area contributed by atoms with Gasteiger partial charge in [-0.25, -0.2) is 13.6 Å². The smallest absolute Gasteiger partial charge is 0.319 e. The molecule has 0 radical (unpaired) electrons. The Hall–Kier alpha value is -3.16. The molecule has 1 aliphatic rings. The SMILES string of the molecule is COc1ccc([C@@H]2CNC(=O)[C@H]2NC(=O)Nc2ccc(F)cc2)c(F)c1. The summed E-state index contributed by atoms with van der Waals surface area (Å²) in [5, 5.41) is 7.68. The molecule has 3 rings (SSSR count). The second-order valence-corrected chi connectivity index (χ2v) is 5.82. The molecular weight excluding hydrogens is 344 g/mol. The number of anilines is 1. The fraction of sp³-hybridized carbons (Fsp3) is 0.222. The number of benzene rings is 2. The van der Waals surface area contributed by atoms with Crippen LogP contribution in [0.25, 0.3) is 0 Å². The van der Waals surface area contributed by atoms with Crippen molar-refractivity contribution in [2.75, 3.05) is 19.0 Å². The second-order valence-electron chi connectivity index (χ2n) is 5.82. The first kappa shape index (κ1) is 17.7. The zero-order valence-corrected chi connectivity index (χ0v) is 13.9. The van der Waals surface area contributed by atoms with Crippen molar-refractivity contribution in [3.63, 3.8) is 0 Å². The third-order valence-electron chi connectivity index (χ3n) is 4.18. The van der Waals surface area contributed by atoms with Gasteiger partial charge in [-0.15, -0.1) is 0 Å². The summed E-state index contributed by atoms with van der Waals surface area (Å²) in [6.07, 6.45) is 0. The van der Waals surface area contributed by atoms with E-state index in [1.54, 1.807) is 6.07 Å². The molecule has 0 bridgehead atoms. The van der Waals surface area contributed by atoms with Crippen LogP contribution in [0.1, 0.15) is 11.5 Å². The van der Waals surface area contributed by atoms with Gasteiger partial charge in [0.25, 0.3) is 0 Å². The summed E-state index contributed by atoms with van der Waals surface area (Å²) >= 11 is 0. The van der Waals surface area contributed by atoms with Crippen LogP contribution in [0.3, 0.4) is 0 Å². The minimum absolute atomic E-state index is 0.198. The zero-order chi connectivity index (χ0) is 18.7. The summed E-state index contributed by atoms with van der Waals surface area (Å²) in [5.41, 5.74) is 0.672. The second kappa shape index (κ2) is 7.38. The molecular formula is C18H17F2N3O3. The minimum atomic E-state index is -0.932. The predicted octanol–water partition coefficient (Wildman–Crippen LogP) is 2.38. The van der Waals surface area contributed by atoms with Crippen LogP contribution in [0.5, 0.6) is 5.75 Å². The molecule has 3 amide bonds. The molecule has 2 aromatic carbocycles. The average molecular weight is 361 g/mol. The Kier molecular flexibility index (Phi) is 5.01. The van der Waals surface area contributed by atoms with E-state index in [4.69, 9.17) is 4.74 Å². The molecule has 1 aliphatic heterocycles. The first-order valence-electron chi connectivity index (χ1n) is 7.92. The largest absolute Gasteiger partial charge is 0.497 e. The van der Waals surface area contributed by atoms with Crippen molar-refractivity contribution in [2.45, 2.75) is 12.0 Å². The van der Waals surface area contributed by atoms with Gasteiger partial charge in [0.1, 0.15) is 23.4 Å². The van der Waals surface area contributed by atoms with Crippen LogP contribution < -0.4 is 20.7 Å². The lowest BCUT2D eigenvalue weighted by molar-refractivity contribution is -0.120. The number of carbonyl (C=O) groups is 2. The van der Waals surface area contributed by atoms with E-state index < -0.39 is 35.5 Å². The van der Waals surface area contributed by atoms with E-state index in [9.17, 15) is 18.4 Å². The Morgan fingerprint density at radius 2 is 1.92 bits per heavy atom. The minimum Gasteiger partial charge on any atom is -0.497 e. The van der Waals surface area contributed by atoms with Crippen molar-refractivity contribution in [3.8, 4) is 5.75 Å². The molecule has 26 heavy (non-hydrogen) atoms. The molecule has 0 spiro atoms. The summed E-state index contributed by atoms with van der Waals surface area (Å²) in [4.78, 5) is 24.2. The van der Waals surface area contributed by atoms with Gasteiger partial charge in [-0.2, -0.15) is 0 Å². The Morgan fingerprint density at radius 1 is 1.19 bits per heavy atom. The molecule has 8 heteroatoms.